The highest BCUT2D eigenvalue weighted by Crippen LogP contribution is 2.42. The van der Waals surface area contributed by atoms with Crippen LogP contribution in [0, 0.1) is 11.9 Å². The second kappa shape index (κ2) is 6.23. The largest absolute Gasteiger partial charge is 0.444 e. The highest BCUT2D eigenvalue weighted by Gasteiger charge is 2.46. The molecule has 2 rings (SSSR count). The zero-order valence-corrected chi connectivity index (χ0v) is 14.5. The molecule has 23 heavy (non-hydrogen) atoms. The number of hydrogen-bond acceptors (Lipinski definition) is 3. The number of carbonyl (C=O) groups excluding carboxylic acids is 1. The van der Waals surface area contributed by atoms with Crippen molar-refractivity contribution >= 4 is 17.7 Å². The van der Waals surface area contributed by atoms with Gasteiger partial charge >= 0.3 is 6.09 Å². The van der Waals surface area contributed by atoms with E-state index in [-0.39, 0.29) is 30.1 Å². The Morgan fingerprint density at radius 2 is 2.17 bits per heavy atom. The molecule has 2 atom stereocenters. The Morgan fingerprint density at radius 3 is 2.74 bits per heavy atom. The standard InChI is InChI=1S/C16H21ClF2N2O2/c1-10-9-21(14(22)23-15(2,3)4)6-5-16(10,19)12-7-11(17)8-20-13(12)18/h7-8,10H,5-6,9H2,1-4H3. The molecule has 2 unspecified atom stereocenters. The molecule has 1 aliphatic rings. The van der Waals surface area contributed by atoms with E-state index in [1.165, 1.54) is 11.0 Å². The Balaban J connectivity index is 2.17. The first-order valence-corrected chi connectivity index (χ1v) is 7.89. The van der Waals surface area contributed by atoms with E-state index >= 15 is 4.39 Å². The smallest absolute Gasteiger partial charge is 0.410 e. The van der Waals surface area contributed by atoms with Crippen LogP contribution >= 0.6 is 11.6 Å². The lowest BCUT2D eigenvalue weighted by Gasteiger charge is -2.41. The van der Waals surface area contributed by atoms with Gasteiger partial charge in [-0.25, -0.2) is 14.2 Å². The quantitative estimate of drug-likeness (QED) is 0.711. The van der Waals surface area contributed by atoms with E-state index in [4.69, 9.17) is 16.3 Å². The lowest BCUT2D eigenvalue weighted by atomic mass is 9.79. The summed E-state index contributed by atoms with van der Waals surface area (Å²) in [5.41, 5.74) is -2.69. The molecule has 128 valence electrons. The van der Waals surface area contributed by atoms with Gasteiger partial charge in [0.1, 0.15) is 11.3 Å². The summed E-state index contributed by atoms with van der Waals surface area (Å²) < 4.78 is 34.6. The first-order valence-electron chi connectivity index (χ1n) is 7.51. The summed E-state index contributed by atoms with van der Waals surface area (Å²) in [5, 5.41) is 0.181. The van der Waals surface area contributed by atoms with Crippen LogP contribution in [0.2, 0.25) is 5.02 Å². The van der Waals surface area contributed by atoms with Crippen LogP contribution in [0.25, 0.3) is 0 Å². The minimum absolute atomic E-state index is 0.0354. The van der Waals surface area contributed by atoms with Crippen molar-refractivity contribution in [2.24, 2.45) is 5.92 Å². The van der Waals surface area contributed by atoms with Crippen molar-refractivity contribution in [2.75, 3.05) is 13.1 Å². The maximum Gasteiger partial charge on any atom is 0.410 e. The molecule has 0 bridgehead atoms. The molecule has 7 heteroatoms. The summed E-state index contributed by atoms with van der Waals surface area (Å²) in [5.74, 6) is -1.48. The fraction of sp³-hybridized carbons (Fsp3) is 0.625. The summed E-state index contributed by atoms with van der Waals surface area (Å²) in [6, 6.07) is 1.27. The molecule has 1 aromatic heterocycles. The Bertz CT molecular complexity index is 606. The fourth-order valence-corrected chi connectivity index (χ4v) is 2.88. The molecule has 0 aromatic carbocycles. The highest BCUT2D eigenvalue weighted by atomic mass is 35.5. The molecular weight excluding hydrogens is 326 g/mol. The monoisotopic (exact) mass is 346 g/mol. The minimum Gasteiger partial charge on any atom is -0.444 e. The molecule has 1 fully saturated rings. The summed E-state index contributed by atoms with van der Waals surface area (Å²) in [6.07, 6.45) is 0.618. The number of carbonyl (C=O) groups is 1. The van der Waals surface area contributed by atoms with Gasteiger partial charge in [0.15, 0.2) is 0 Å². The van der Waals surface area contributed by atoms with E-state index in [1.807, 2.05) is 0 Å². The van der Waals surface area contributed by atoms with Gasteiger partial charge in [-0.1, -0.05) is 18.5 Å². The Labute approximate surface area is 139 Å². The van der Waals surface area contributed by atoms with Gasteiger partial charge in [-0.05, 0) is 26.8 Å². The summed E-state index contributed by atoms with van der Waals surface area (Å²) in [6.45, 7) is 7.22. The second-order valence-electron chi connectivity index (χ2n) is 6.93. The number of amides is 1. The van der Waals surface area contributed by atoms with Crippen LogP contribution in [-0.2, 0) is 10.4 Å². The third kappa shape index (κ3) is 3.91. The number of alkyl halides is 1. The number of nitrogens with zero attached hydrogens (tertiary/aromatic N) is 2. The van der Waals surface area contributed by atoms with Gasteiger partial charge in [0.25, 0.3) is 0 Å². The number of halogens is 3. The van der Waals surface area contributed by atoms with Gasteiger partial charge < -0.3 is 9.64 Å². The van der Waals surface area contributed by atoms with Crippen molar-refractivity contribution < 1.29 is 18.3 Å². The first-order chi connectivity index (χ1) is 10.5. The van der Waals surface area contributed by atoms with Crippen molar-refractivity contribution in [3.63, 3.8) is 0 Å². The zero-order chi connectivity index (χ0) is 17.4. The summed E-state index contributed by atoms with van der Waals surface area (Å²) >= 11 is 5.82. The van der Waals surface area contributed by atoms with Crippen molar-refractivity contribution in [1.82, 2.24) is 9.88 Å². The fourth-order valence-electron chi connectivity index (χ4n) is 2.72. The van der Waals surface area contributed by atoms with Crippen LogP contribution < -0.4 is 0 Å². The molecule has 1 amide bonds. The number of likely N-dealkylation sites (tertiary alicyclic amines) is 1. The summed E-state index contributed by atoms with van der Waals surface area (Å²) in [4.78, 5) is 17.0. The average Bonchev–Trinajstić information content (AvgIpc) is 2.42. The Hall–Kier alpha value is -1.43. The van der Waals surface area contributed by atoms with Crippen molar-refractivity contribution in [3.8, 4) is 0 Å². The van der Waals surface area contributed by atoms with Crippen LogP contribution in [0.1, 0.15) is 39.7 Å². The normalized spacial score (nSPS) is 25.3. The minimum atomic E-state index is -1.92. The zero-order valence-electron chi connectivity index (χ0n) is 13.7. The summed E-state index contributed by atoms with van der Waals surface area (Å²) in [7, 11) is 0. The average molecular weight is 347 g/mol. The maximum absolute atomic E-state index is 15.4. The molecule has 2 heterocycles. The van der Waals surface area contributed by atoms with E-state index in [2.05, 4.69) is 4.98 Å². The third-order valence-corrected chi connectivity index (χ3v) is 4.13. The molecule has 0 aliphatic carbocycles. The van der Waals surface area contributed by atoms with E-state index < -0.39 is 29.2 Å². The molecule has 1 saturated heterocycles. The van der Waals surface area contributed by atoms with Gasteiger partial charge in [0.05, 0.1) is 5.02 Å². The molecular formula is C16H21ClF2N2O2. The van der Waals surface area contributed by atoms with Crippen molar-refractivity contribution in [2.45, 2.75) is 45.4 Å². The number of aromatic nitrogens is 1. The number of rotatable bonds is 1. The first kappa shape index (κ1) is 17.9. The second-order valence-corrected chi connectivity index (χ2v) is 7.37. The molecule has 4 nitrogen and oxygen atoms in total. The number of piperidine rings is 1. The molecule has 0 spiro atoms. The van der Waals surface area contributed by atoms with Crippen LogP contribution in [0.15, 0.2) is 12.3 Å². The number of hydrogen-bond donors (Lipinski definition) is 0. The molecule has 1 aliphatic heterocycles. The van der Waals surface area contributed by atoms with Crippen LogP contribution in [0.4, 0.5) is 13.6 Å². The topological polar surface area (TPSA) is 42.4 Å². The lowest BCUT2D eigenvalue weighted by molar-refractivity contribution is -0.0231. The van der Waals surface area contributed by atoms with Crippen LogP contribution in [0.3, 0.4) is 0 Å². The van der Waals surface area contributed by atoms with E-state index in [0.29, 0.717) is 0 Å². The number of pyridine rings is 1. The molecule has 0 N–H and O–H groups in total. The van der Waals surface area contributed by atoms with Crippen molar-refractivity contribution in [1.29, 1.82) is 0 Å². The van der Waals surface area contributed by atoms with Gasteiger partial charge in [-0.15, -0.1) is 0 Å². The van der Waals surface area contributed by atoms with Gasteiger partial charge in [0.2, 0.25) is 5.95 Å². The van der Waals surface area contributed by atoms with Crippen molar-refractivity contribution in [3.05, 3.63) is 28.8 Å². The highest BCUT2D eigenvalue weighted by molar-refractivity contribution is 6.30. The predicted molar refractivity (Wildman–Crippen MR) is 83.6 cm³/mol. The third-order valence-electron chi connectivity index (χ3n) is 3.93. The maximum atomic E-state index is 15.4. The lowest BCUT2D eigenvalue weighted by Crippen LogP contribution is -2.50. The molecule has 0 radical (unpaired) electrons. The van der Waals surface area contributed by atoms with Crippen LogP contribution in [-0.4, -0.2) is 34.7 Å². The van der Waals surface area contributed by atoms with Gasteiger partial charge in [-0.2, -0.15) is 4.39 Å². The van der Waals surface area contributed by atoms with Crippen LogP contribution in [0.5, 0.6) is 0 Å². The van der Waals surface area contributed by atoms with E-state index in [1.54, 1.807) is 27.7 Å². The number of ether oxygens (including phenoxy) is 1. The van der Waals surface area contributed by atoms with Gasteiger partial charge in [0, 0.05) is 37.2 Å². The molecule has 0 saturated carbocycles. The van der Waals surface area contributed by atoms with E-state index in [0.717, 1.165) is 6.20 Å². The molecule has 1 aromatic rings. The van der Waals surface area contributed by atoms with Gasteiger partial charge in [-0.3, -0.25) is 0 Å². The Morgan fingerprint density at radius 1 is 1.52 bits per heavy atom. The predicted octanol–water partition coefficient (Wildman–Crippen LogP) is 4.32. The van der Waals surface area contributed by atoms with E-state index in [9.17, 15) is 9.18 Å². The SMILES string of the molecule is CC1CN(C(=O)OC(C)(C)C)CCC1(F)c1cc(Cl)cnc1F. The Kier molecular flexibility index (Phi) is 4.85.